The number of amides is 1. The molecule has 2 rings (SSSR count). The fraction of sp³-hybridized carbons (Fsp3) is 0.412. The SMILES string of the molecule is CCCCn1c(C)c(C(N)=O)c(-c2ccccn2)c1CC. The van der Waals surface area contributed by atoms with Gasteiger partial charge in [0.05, 0.1) is 11.3 Å². The molecule has 2 N–H and O–H groups in total. The Balaban J connectivity index is 2.69. The molecule has 0 aliphatic carbocycles. The lowest BCUT2D eigenvalue weighted by Gasteiger charge is -2.10. The molecule has 0 saturated heterocycles. The number of unbranched alkanes of at least 4 members (excludes halogenated alkanes) is 1. The van der Waals surface area contributed by atoms with E-state index in [1.165, 1.54) is 0 Å². The molecule has 4 nitrogen and oxygen atoms in total. The Bertz CT molecular complexity index is 629. The first-order valence-electron chi connectivity index (χ1n) is 7.54. The lowest BCUT2D eigenvalue weighted by molar-refractivity contribution is 0.1000. The van der Waals surface area contributed by atoms with Crippen molar-refractivity contribution >= 4 is 5.91 Å². The number of primary amides is 1. The average Bonchev–Trinajstić information content (AvgIpc) is 2.78. The first kappa shape index (κ1) is 15.3. The molecule has 0 aliphatic rings. The molecular weight excluding hydrogens is 262 g/mol. The number of nitrogens with two attached hydrogens (primary N) is 1. The first-order chi connectivity index (χ1) is 10.1. The van der Waals surface area contributed by atoms with Crippen molar-refractivity contribution < 1.29 is 4.79 Å². The molecule has 2 aromatic heterocycles. The van der Waals surface area contributed by atoms with Crippen molar-refractivity contribution in [3.8, 4) is 11.3 Å². The Hall–Kier alpha value is -2.10. The van der Waals surface area contributed by atoms with E-state index in [0.29, 0.717) is 5.56 Å². The van der Waals surface area contributed by atoms with E-state index < -0.39 is 0 Å². The smallest absolute Gasteiger partial charge is 0.251 e. The van der Waals surface area contributed by atoms with Crippen LogP contribution in [0.15, 0.2) is 24.4 Å². The molecule has 1 amide bonds. The zero-order valence-electron chi connectivity index (χ0n) is 13.0. The predicted octanol–water partition coefficient (Wildman–Crippen LogP) is 3.32. The number of carbonyl (C=O) groups excluding carboxylic acids is 1. The topological polar surface area (TPSA) is 60.9 Å². The summed E-state index contributed by atoms with van der Waals surface area (Å²) in [6.45, 7) is 7.16. The van der Waals surface area contributed by atoms with E-state index in [9.17, 15) is 4.79 Å². The van der Waals surface area contributed by atoms with Crippen molar-refractivity contribution in [3.05, 3.63) is 41.3 Å². The summed E-state index contributed by atoms with van der Waals surface area (Å²) in [5, 5.41) is 0. The number of hydrogen-bond acceptors (Lipinski definition) is 2. The van der Waals surface area contributed by atoms with Crippen LogP contribution in [-0.2, 0) is 13.0 Å². The highest BCUT2D eigenvalue weighted by molar-refractivity contribution is 6.01. The molecule has 21 heavy (non-hydrogen) atoms. The summed E-state index contributed by atoms with van der Waals surface area (Å²) in [4.78, 5) is 16.4. The molecule has 0 aliphatic heterocycles. The highest BCUT2D eigenvalue weighted by Gasteiger charge is 2.24. The first-order valence-corrected chi connectivity index (χ1v) is 7.54. The van der Waals surface area contributed by atoms with Crippen LogP contribution in [-0.4, -0.2) is 15.5 Å². The quantitative estimate of drug-likeness (QED) is 0.885. The van der Waals surface area contributed by atoms with E-state index in [4.69, 9.17) is 5.73 Å². The monoisotopic (exact) mass is 285 g/mol. The molecule has 0 atom stereocenters. The van der Waals surface area contributed by atoms with Crippen LogP contribution < -0.4 is 5.73 Å². The van der Waals surface area contributed by atoms with Crippen molar-refractivity contribution in [2.75, 3.05) is 0 Å². The zero-order valence-corrected chi connectivity index (χ0v) is 13.0. The van der Waals surface area contributed by atoms with E-state index in [0.717, 1.165) is 48.5 Å². The van der Waals surface area contributed by atoms with Gasteiger partial charge in [0.25, 0.3) is 5.91 Å². The van der Waals surface area contributed by atoms with Crippen LogP contribution >= 0.6 is 0 Å². The average molecular weight is 285 g/mol. The van der Waals surface area contributed by atoms with Crippen LogP contribution in [0.4, 0.5) is 0 Å². The third kappa shape index (κ3) is 2.84. The van der Waals surface area contributed by atoms with Gasteiger partial charge in [0.1, 0.15) is 0 Å². The third-order valence-corrected chi connectivity index (χ3v) is 3.87. The van der Waals surface area contributed by atoms with E-state index in [-0.39, 0.29) is 5.91 Å². The maximum Gasteiger partial charge on any atom is 0.251 e. The molecule has 0 bridgehead atoms. The number of nitrogens with zero attached hydrogens (tertiary/aromatic N) is 2. The van der Waals surface area contributed by atoms with Gasteiger partial charge in [0.15, 0.2) is 0 Å². The summed E-state index contributed by atoms with van der Waals surface area (Å²) >= 11 is 0. The number of pyridine rings is 1. The second kappa shape index (κ2) is 6.57. The van der Waals surface area contributed by atoms with Crippen molar-refractivity contribution in [1.82, 2.24) is 9.55 Å². The minimum absolute atomic E-state index is 0.377. The third-order valence-electron chi connectivity index (χ3n) is 3.87. The van der Waals surface area contributed by atoms with E-state index in [1.807, 2.05) is 25.1 Å². The highest BCUT2D eigenvalue weighted by Crippen LogP contribution is 2.32. The van der Waals surface area contributed by atoms with Gasteiger partial charge in [0.2, 0.25) is 0 Å². The van der Waals surface area contributed by atoms with Crippen molar-refractivity contribution in [2.24, 2.45) is 5.73 Å². The Morgan fingerprint density at radius 1 is 1.33 bits per heavy atom. The molecule has 4 heteroatoms. The summed E-state index contributed by atoms with van der Waals surface area (Å²) < 4.78 is 2.23. The molecule has 2 aromatic rings. The van der Waals surface area contributed by atoms with Gasteiger partial charge in [0, 0.05) is 29.7 Å². The standard InChI is InChI=1S/C17H23N3O/c1-4-6-11-20-12(3)15(17(18)21)16(14(20)5-2)13-9-7-8-10-19-13/h7-10H,4-6,11H2,1-3H3,(H2,18,21). The summed E-state index contributed by atoms with van der Waals surface area (Å²) in [5.74, 6) is -0.377. The minimum atomic E-state index is -0.377. The second-order valence-corrected chi connectivity index (χ2v) is 5.22. The molecule has 0 unspecified atom stereocenters. The number of rotatable bonds is 6. The maximum atomic E-state index is 12.0. The molecule has 0 radical (unpaired) electrons. The lowest BCUT2D eigenvalue weighted by Crippen LogP contribution is -2.13. The van der Waals surface area contributed by atoms with E-state index in [2.05, 4.69) is 23.4 Å². The maximum absolute atomic E-state index is 12.0. The fourth-order valence-electron chi connectivity index (χ4n) is 2.87. The van der Waals surface area contributed by atoms with E-state index in [1.54, 1.807) is 6.20 Å². The Morgan fingerprint density at radius 3 is 2.62 bits per heavy atom. The number of aromatic nitrogens is 2. The molecular formula is C17H23N3O. The minimum Gasteiger partial charge on any atom is -0.366 e. The van der Waals surface area contributed by atoms with Gasteiger partial charge in [-0.1, -0.05) is 26.3 Å². The highest BCUT2D eigenvalue weighted by atomic mass is 16.1. The van der Waals surface area contributed by atoms with Gasteiger partial charge in [-0.05, 0) is 31.9 Å². The molecule has 0 aromatic carbocycles. The fourth-order valence-corrected chi connectivity index (χ4v) is 2.87. The molecule has 0 saturated carbocycles. The Labute approximate surface area is 126 Å². The van der Waals surface area contributed by atoms with Gasteiger partial charge < -0.3 is 10.3 Å². The summed E-state index contributed by atoms with van der Waals surface area (Å²) in [6.07, 6.45) is 4.80. The van der Waals surface area contributed by atoms with Gasteiger partial charge in [-0.2, -0.15) is 0 Å². The van der Waals surface area contributed by atoms with Crippen LogP contribution in [0.1, 0.15) is 48.4 Å². The van der Waals surface area contributed by atoms with Crippen LogP contribution in [0, 0.1) is 6.92 Å². The Kier molecular flexibility index (Phi) is 4.78. The lowest BCUT2D eigenvalue weighted by atomic mass is 10.0. The van der Waals surface area contributed by atoms with Crippen molar-refractivity contribution in [3.63, 3.8) is 0 Å². The number of hydrogen-bond donors (Lipinski definition) is 1. The molecule has 0 spiro atoms. The summed E-state index contributed by atoms with van der Waals surface area (Å²) in [6, 6.07) is 5.75. The normalized spacial score (nSPS) is 10.8. The zero-order chi connectivity index (χ0) is 15.4. The van der Waals surface area contributed by atoms with Gasteiger partial charge in [-0.25, -0.2) is 0 Å². The second-order valence-electron chi connectivity index (χ2n) is 5.22. The van der Waals surface area contributed by atoms with Gasteiger partial charge in [-0.3, -0.25) is 9.78 Å². The van der Waals surface area contributed by atoms with Crippen molar-refractivity contribution in [1.29, 1.82) is 0 Å². The molecule has 112 valence electrons. The summed E-state index contributed by atoms with van der Waals surface area (Å²) in [7, 11) is 0. The summed E-state index contributed by atoms with van der Waals surface area (Å²) in [5.41, 5.74) is 10.1. The van der Waals surface area contributed by atoms with Crippen LogP contribution in [0.2, 0.25) is 0 Å². The predicted molar refractivity (Wildman–Crippen MR) is 85.2 cm³/mol. The molecule has 2 heterocycles. The van der Waals surface area contributed by atoms with Gasteiger partial charge in [-0.15, -0.1) is 0 Å². The van der Waals surface area contributed by atoms with Gasteiger partial charge >= 0.3 is 0 Å². The molecule has 0 fully saturated rings. The van der Waals surface area contributed by atoms with E-state index >= 15 is 0 Å². The van der Waals surface area contributed by atoms with Crippen molar-refractivity contribution in [2.45, 2.75) is 46.6 Å². The van der Waals surface area contributed by atoms with Crippen LogP contribution in [0.5, 0.6) is 0 Å². The van der Waals surface area contributed by atoms with Crippen LogP contribution in [0.25, 0.3) is 11.3 Å². The largest absolute Gasteiger partial charge is 0.366 e. The van der Waals surface area contributed by atoms with Crippen LogP contribution in [0.3, 0.4) is 0 Å². The Morgan fingerprint density at radius 2 is 2.10 bits per heavy atom. The number of carbonyl (C=O) groups is 1.